The number of anilines is 1. The second kappa shape index (κ2) is 7.29. The number of hydrogen-bond acceptors (Lipinski definition) is 5. The first kappa shape index (κ1) is 17.7. The van der Waals surface area contributed by atoms with Crippen LogP contribution in [0.4, 0.5) is 5.69 Å². The second-order valence-corrected chi connectivity index (χ2v) is 7.11. The van der Waals surface area contributed by atoms with Gasteiger partial charge in [0, 0.05) is 19.2 Å². The molecule has 0 saturated carbocycles. The molecule has 0 bridgehead atoms. The van der Waals surface area contributed by atoms with Crippen LogP contribution < -0.4 is 14.8 Å². The lowest BCUT2D eigenvalue weighted by atomic mass is 10.2. The highest BCUT2D eigenvalue weighted by Gasteiger charge is 2.23. The van der Waals surface area contributed by atoms with E-state index in [1.807, 2.05) is 13.8 Å². The largest absolute Gasteiger partial charge is 0.482 e. The summed E-state index contributed by atoms with van der Waals surface area (Å²) in [5.74, 6) is 0.129. The molecule has 1 aliphatic heterocycles. The van der Waals surface area contributed by atoms with Crippen LogP contribution >= 0.6 is 0 Å². The molecule has 0 saturated heterocycles. The van der Waals surface area contributed by atoms with Gasteiger partial charge in [-0.2, -0.15) is 0 Å². The first-order valence-electron chi connectivity index (χ1n) is 7.66. The average Bonchev–Trinajstić information content (AvgIpc) is 2.50. The lowest BCUT2D eigenvalue weighted by Gasteiger charge is -2.21. The summed E-state index contributed by atoms with van der Waals surface area (Å²) >= 11 is 0. The molecule has 1 aromatic rings. The zero-order chi connectivity index (χ0) is 17.0. The summed E-state index contributed by atoms with van der Waals surface area (Å²) in [6.45, 7) is 8.42. The predicted octanol–water partition coefficient (Wildman–Crippen LogP) is 0.946. The van der Waals surface area contributed by atoms with Gasteiger partial charge in [-0.15, -0.1) is 0 Å². The van der Waals surface area contributed by atoms with Crippen molar-refractivity contribution in [2.45, 2.75) is 25.7 Å². The van der Waals surface area contributed by atoms with Gasteiger partial charge in [0.15, 0.2) is 6.61 Å². The van der Waals surface area contributed by atoms with E-state index in [0.29, 0.717) is 30.1 Å². The molecule has 2 N–H and O–H groups in total. The number of carbonyl (C=O) groups excluding carboxylic acids is 1. The van der Waals surface area contributed by atoms with Gasteiger partial charge in [0.2, 0.25) is 10.0 Å². The van der Waals surface area contributed by atoms with Crippen LogP contribution in [-0.2, 0) is 14.8 Å². The van der Waals surface area contributed by atoms with Crippen LogP contribution in [0.1, 0.15) is 19.4 Å². The lowest BCUT2D eigenvalue weighted by Crippen LogP contribution is -2.35. The van der Waals surface area contributed by atoms with Crippen LogP contribution in [0.25, 0.3) is 0 Å². The molecule has 1 heterocycles. The molecule has 0 aromatic heterocycles. The minimum absolute atomic E-state index is 0.106. The number of aryl methyl sites for hydroxylation is 1. The van der Waals surface area contributed by atoms with Crippen molar-refractivity contribution in [1.82, 2.24) is 9.62 Å². The number of rotatable bonds is 7. The first-order chi connectivity index (χ1) is 10.9. The Hall–Kier alpha value is -1.64. The highest BCUT2D eigenvalue weighted by molar-refractivity contribution is 7.89. The van der Waals surface area contributed by atoms with Crippen LogP contribution in [-0.4, -0.2) is 52.0 Å². The minimum Gasteiger partial charge on any atom is -0.482 e. The van der Waals surface area contributed by atoms with Gasteiger partial charge >= 0.3 is 0 Å². The number of carbonyl (C=O) groups is 1. The quantitative estimate of drug-likeness (QED) is 0.771. The molecule has 1 aromatic carbocycles. The van der Waals surface area contributed by atoms with Crippen molar-refractivity contribution in [1.29, 1.82) is 0 Å². The van der Waals surface area contributed by atoms with Gasteiger partial charge in [0.1, 0.15) is 5.75 Å². The Morgan fingerprint density at radius 1 is 1.30 bits per heavy atom. The van der Waals surface area contributed by atoms with Crippen LogP contribution in [0.2, 0.25) is 0 Å². The third kappa shape index (κ3) is 4.21. The third-order valence-electron chi connectivity index (χ3n) is 3.81. The molecule has 0 atom stereocenters. The molecule has 0 fully saturated rings. The number of ether oxygens (including phenoxy) is 1. The Kier molecular flexibility index (Phi) is 5.61. The normalized spacial score (nSPS) is 14.3. The Morgan fingerprint density at radius 3 is 2.65 bits per heavy atom. The SMILES string of the molecule is CCN(CC)CCNS(=O)(=O)c1cc2c(cc1C)NC(=O)CO2. The van der Waals surface area contributed by atoms with E-state index in [9.17, 15) is 13.2 Å². The average molecular weight is 341 g/mol. The number of hydrogen-bond donors (Lipinski definition) is 2. The zero-order valence-electron chi connectivity index (χ0n) is 13.7. The number of nitrogens with zero attached hydrogens (tertiary/aromatic N) is 1. The van der Waals surface area contributed by atoms with E-state index in [4.69, 9.17) is 4.74 Å². The number of nitrogens with one attached hydrogen (secondary N) is 2. The summed E-state index contributed by atoms with van der Waals surface area (Å²) in [6, 6.07) is 3.08. The Morgan fingerprint density at radius 2 is 2.00 bits per heavy atom. The van der Waals surface area contributed by atoms with Crippen LogP contribution in [0.5, 0.6) is 5.75 Å². The molecule has 23 heavy (non-hydrogen) atoms. The topological polar surface area (TPSA) is 87.7 Å². The van der Waals surface area contributed by atoms with Gasteiger partial charge in [0.25, 0.3) is 5.91 Å². The van der Waals surface area contributed by atoms with Gasteiger partial charge in [-0.25, -0.2) is 13.1 Å². The molecule has 0 radical (unpaired) electrons. The van der Waals surface area contributed by atoms with Crippen LogP contribution in [0.3, 0.4) is 0 Å². The number of fused-ring (bicyclic) bond motifs is 1. The molecule has 1 aliphatic rings. The van der Waals surface area contributed by atoms with Gasteiger partial charge in [-0.1, -0.05) is 13.8 Å². The summed E-state index contributed by atoms with van der Waals surface area (Å²) in [6.07, 6.45) is 0. The number of benzene rings is 1. The predicted molar refractivity (Wildman–Crippen MR) is 88.3 cm³/mol. The number of likely N-dealkylation sites (N-methyl/N-ethyl adjacent to an activating group) is 1. The number of sulfonamides is 1. The standard InChI is InChI=1S/C15H23N3O4S/c1-4-18(5-2)7-6-16-23(20,21)14-9-13-12(8-11(14)3)17-15(19)10-22-13/h8-9,16H,4-7,10H2,1-3H3,(H,17,19). The van der Waals surface area contributed by atoms with Crippen LogP contribution in [0, 0.1) is 6.92 Å². The first-order valence-corrected chi connectivity index (χ1v) is 9.15. The fourth-order valence-corrected chi connectivity index (χ4v) is 3.72. The lowest BCUT2D eigenvalue weighted by molar-refractivity contribution is -0.118. The molecule has 0 unspecified atom stereocenters. The van der Waals surface area contributed by atoms with Crippen molar-refractivity contribution >= 4 is 21.6 Å². The third-order valence-corrected chi connectivity index (χ3v) is 5.42. The molecular weight excluding hydrogens is 318 g/mol. The molecule has 8 heteroatoms. The molecule has 2 rings (SSSR count). The van der Waals surface area contributed by atoms with Crippen molar-refractivity contribution in [2.24, 2.45) is 0 Å². The molecule has 128 valence electrons. The molecule has 0 aliphatic carbocycles. The molecule has 1 amide bonds. The monoisotopic (exact) mass is 341 g/mol. The van der Waals surface area contributed by atoms with E-state index in [2.05, 4.69) is 14.9 Å². The highest BCUT2D eigenvalue weighted by Crippen LogP contribution is 2.32. The van der Waals surface area contributed by atoms with Crippen molar-refractivity contribution in [3.8, 4) is 5.75 Å². The Labute approximate surface area is 137 Å². The molecular formula is C15H23N3O4S. The Bertz CT molecular complexity index is 684. The summed E-state index contributed by atoms with van der Waals surface area (Å²) < 4.78 is 32.9. The Balaban J connectivity index is 2.15. The van der Waals surface area contributed by atoms with E-state index in [1.165, 1.54) is 6.07 Å². The van der Waals surface area contributed by atoms with E-state index in [0.717, 1.165) is 13.1 Å². The summed E-state index contributed by atoms with van der Waals surface area (Å²) in [7, 11) is -3.62. The van der Waals surface area contributed by atoms with E-state index < -0.39 is 10.0 Å². The van der Waals surface area contributed by atoms with Crippen molar-refractivity contribution in [3.05, 3.63) is 17.7 Å². The van der Waals surface area contributed by atoms with Crippen LogP contribution in [0.15, 0.2) is 17.0 Å². The maximum absolute atomic E-state index is 12.5. The number of amides is 1. The summed E-state index contributed by atoms with van der Waals surface area (Å²) in [5, 5.41) is 2.67. The van der Waals surface area contributed by atoms with E-state index in [1.54, 1.807) is 13.0 Å². The van der Waals surface area contributed by atoms with E-state index >= 15 is 0 Å². The van der Waals surface area contributed by atoms with Gasteiger partial charge in [-0.05, 0) is 31.6 Å². The van der Waals surface area contributed by atoms with Gasteiger partial charge < -0.3 is 15.0 Å². The van der Waals surface area contributed by atoms with Gasteiger partial charge in [0.05, 0.1) is 10.6 Å². The summed E-state index contributed by atoms with van der Waals surface area (Å²) in [4.78, 5) is 13.6. The van der Waals surface area contributed by atoms with Crippen molar-refractivity contribution in [3.63, 3.8) is 0 Å². The molecule has 0 spiro atoms. The minimum atomic E-state index is -3.62. The maximum Gasteiger partial charge on any atom is 0.262 e. The highest BCUT2D eigenvalue weighted by atomic mass is 32.2. The van der Waals surface area contributed by atoms with E-state index in [-0.39, 0.29) is 17.4 Å². The van der Waals surface area contributed by atoms with Gasteiger partial charge in [-0.3, -0.25) is 4.79 Å². The summed E-state index contributed by atoms with van der Waals surface area (Å²) in [5.41, 5.74) is 1.06. The zero-order valence-corrected chi connectivity index (χ0v) is 14.5. The van der Waals surface area contributed by atoms with Crippen molar-refractivity contribution in [2.75, 3.05) is 38.1 Å². The fourth-order valence-electron chi connectivity index (χ4n) is 2.46. The second-order valence-electron chi connectivity index (χ2n) is 5.38. The maximum atomic E-state index is 12.5. The smallest absolute Gasteiger partial charge is 0.262 e. The fraction of sp³-hybridized carbons (Fsp3) is 0.533. The van der Waals surface area contributed by atoms with Crippen molar-refractivity contribution < 1.29 is 17.9 Å². The molecule has 7 nitrogen and oxygen atoms in total.